The van der Waals surface area contributed by atoms with E-state index >= 15 is 0 Å². The lowest BCUT2D eigenvalue weighted by molar-refractivity contribution is 0.631. The van der Waals surface area contributed by atoms with E-state index in [1.807, 2.05) is 38.1 Å². The van der Waals surface area contributed by atoms with E-state index in [0.29, 0.717) is 11.4 Å². The Kier molecular flexibility index (Phi) is 3.00. The molecule has 2 aromatic carbocycles. The zero-order chi connectivity index (χ0) is 12.4. The Morgan fingerprint density at radius 1 is 0.941 bits per heavy atom. The molecule has 0 aliphatic heterocycles. The Balaban J connectivity index is 2.31. The number of rotatable bonds is 2. The van der Waals surface area contributed by atoms with Crippen LogP contribution in [-0.4, -0.2) is 0 Å². The van der Waals surface area contributed by atoms with Crippen molar-refractivity contribution in [1.29, 1.82) is 0 Å². The molecule has 2 rings (SSSR count). The molecule has 0 saturated heterocycles. The lowest BCUT2D eigenvalue weighted by atomic mass is 10.1. The minimum atomic E-state index is -0.273. The normalized spacial score (nSPS) is 10.3. The minimum Gasteiger partial charge on any atom is -0.397 e. The quantitative estimate of drug-likeness (QED) is 0.771. The van der Waals surface area contributed by atoms with Gasteiger partial charge in [0.1, 0.15) is 5.82 Å². The molecule has 0 aliphatic carbocycles. The van der Waals surface area contributed by atoms with Crippen molar-refractivity contribution in [3.8, 4) is 0 Å². The average Bonchev–Trinajstić information content (AvgIpc) is 2.25. The molecular weight excluding hydrogens is 215 g/mol. The number of nitrogens with two attached hydrogens (primary N) is 1. The number of aryl methyl sites for hydroxylation is 2. The highest BCUT2D eigenvalue weighted by Gasteiger charge is 2.04. The Morgan fingerprint density at radius 3 is 2.12 bits per heavy atom. The SMILES string of the molecule is Cc1ccc(Nc2ccc(C)cc2F)c(N)c1. The average molecular weight is 230 g/mol. The third kappa shape index (κ3) is 2.56. The van der Waals surface area contributed by atoms with Crippen molar-refractivity contribution in [2.75, 3.05) is 11.1 Å². The molecule has 0 amide bonds. The molecule has 0 aromatic heterocycles. The lowest BCUT2D eigenvalue weighted by Crippen LogP contribution is -1.98. The molecule has 2 aromatic rings. The smallest absolute Gasteiger partial charge is 0.146 e. The van der Waals surface area contributed by atoms with Gasteiger partial charge in [0.15, 0.2) is 0 Å². The summed E-state index contributed by atoms with van der Waals surface area (Å²) in [6, 6.07) is 10.7. The van der Waals surface area contributed by atoms with Crippen LogP contribution in [0.2, 0.25) is 0 Å². The zero-order valence-electron chi connectivity index (χ0n) is 9.92. The number of hydrogen-bond donors (Lipinski definition) is 2. The van der Waals surface area contributed by atoms with Crippen molar-refractivity contribution in [2.24, 2.45) is 0 Å². The molecule has 0 saturated carbocycles. The van der Waals surface area contributed by atoms with E-state index in [1.165, 1.54) is 6.07 Å². The van der Waals surface area contributed by atoms with Crippen LogP contribution in [-0.2, 0) is 0 Å². The highest BCUT2D eigenvalue weighted by Crippen LogP contribution is 2.25. The van der Waals surface area contributed by atoms with Gasteiger partial charge in [0, 0.05) is 0 Å². The van der Waals surface area contributed by atoms with E-state index in [1.54, 1.807) is 6.07 Å². The zero-order valence-corrected chi connectivity index (χ0v) is 9.92. The molecule has 0 spiro atoms. The van der Waals surface area contributed by atoms with Gasteiger partial charge in [-0.15, -0.1) is 0 Å². The number of nitrogens with one attached hydrogen (secondary N) is 1. The minimum absolute atomic E-state index is 0.273. The van der Waals surface area contributed by atoms with Crippen LogP contribution in [0.3, 0.4) is 0 Å². The van der Waals surface area contributed by atoms with Crippen LogP contribution in [0.1, 0.15) is 11.1 Å². The fraction of sp³-hybridized carbons (Fsp3) is 0.143. The van der Waals surface area contributed by atoms with E-state index in [4.69, 9.17) is 5.73 Å². The Hall–Kier alpha value is -2.03. The van der Waals surface area contributed by atoms with Gasteiger partial charge in [-0.05, 0) is 49.2 Å². The van der Waals surface area contributed by atoms with Gasteiger partial charge in [0.2, 0.25) is 0 Å². The number of benzene rings is 2. The molecule has 0 bridgehead atoms. The molecule has 0 radical (unpaired) electrons. The highest BCUT2D eigenvalue weighted by molar-refractivity contribution is 5.73. The maximum Gasteiger partial charge on any atom is 0.146 e. The fourth-order valence-corrected chi connectivity index (χ4v) is 1.66. The monoisotopic (exact) mass is 230 g/mol. The van der Waals surface area contributed by atoms with Gasteiger partial charge in [-0.1, -0.05) is 12.1 Å². The number of anilines is 3. The Bertz CT molecular complexity index is 500. The van der Waals surface area contributed by atoms with E-state index < -0.39 is 0 Å². The first kappa shape index (κ1) is 11.5. The second-order valence-corrected chi connectivity index (χ2v) is 4.20. The number of hydrogen-bond acceptors (Lipinski definition) is 2. The standard InChI is InChI=1S/C14H15FN2/c1-9-3-5-13(11(15)7-9)17-14-6-4-10(2)8-12(14)16/h3-8,17H,16H2,1-2H3. The Labute approximate surface area is 100 Å². The fourth-order valence-electron chi connectivity index (χ4n) is 1.66. The van der Waals surface area contributed by atoms with Crippen LogP contribution in [0.25, 0.3) is 0 Å². The van der Waals surface area contributed by atoms with E-state index in [0.717, 1.165) is 16.8 Å². The summed E-state index contributed by atoms with van der Waals surface area (Å²) in [5.74, 6) is -0.273. The summed E-state index contributed by atoms with van der Waals surface area (Å²) in [6.07, 6.45) is 0. The van der Waals surface area contributed by atoms with Crippen LogP contribution in [0.15, 0.2) is 36.4 Å². The van der Waals surface area contributed by atoms with Crippen LogP contribution >= 0.6 is 0 Å². The van der Waals surface area contributed by atoms with Crippen LogP contribution < -0.4 is 11.1 Å². The molecule has 17 heavy (non-hydrogen) atoms. The Morgan fingerprint density at radius 2 is 1.53 bits per heavy atom. The van der Waals surface area contributed by atoms with Crippen molar-refractivity contribution < 1.29 is 4.39 Å². The summed E-state index contributed by atoms with van der Waals surface area (Å²) in [6.45, 7) is 3.82. The molecule has 0 heterocycles. The van der Waals surface area contributed by atoms with Crippen LogP contribution in [0, 0.1) is 19.7 Å². The van der Waals surface area contributed by atoms with Gasteiger partial charge < -0.3 is 11.1 Å². The van der Waals surface area contributed by atoms with E-state index in [2.05, 4.69) is 5.32 Å². The van der Waals surface area contributed by atoms with Crippen molar-refractivity contribution in [3.63, 3.8) is 0 Å². The molecule has 0 atom stereocenters. The topological polar surface area (TPSA) is 38.0 Å². The maximum atomic E-state index is 13.6. The molecule has 0 fully saturated rings. The van der Waals surface area contributed by atoms with Gasteiger partial charge in [0.05, 0.1) is 17.1 Å². The summed E-state index contributed by atoms with van der Waals surface area (Å²) in [7, 11) is 0. The van der Waals surface area contributed by atoms with Gasteiger partial charge in [-0.25, -0.2) is 4.39 Å². The predicted octanol–water partition coefficient (Wildman–Crippen LogP) is 3.77. The largest absolute Gasteiger partial charge is 0.397 e. The lowest BCUT2D eigenvalue weighted by Gasteiger charge is -2.11. The van der Waals surface area contributed by atoms with Gasteiger partial charge >= 0.3 is 0 Å². The van der Waals surface area contributed by atoms with Crippen LogP contribution in [0.5, 0.6) is 0 Å². The van der Waals surface area contributed by atoms with Gasteiger partial charge in [-0.2, -0.15) is 0 Å². The predicted molar refractivity (Wildman–Crippen MR) is 70.0 cm³/mol. The second kappa shape index (κ2) is 4.45. The van der Waals surface area contributed by atoms with Crippen molar-refractivity contribution in [3.05, 3.63) is 53.3 Å². The summed E-state index contributed by atoms with van der Waals surface area (Å²) in [5.41, 5.74) is 9.61. The summed E-state index contributed by atoms with van der Waals surface area (Å²) < 4.78 is 13.6. The van der Waals surface area contributed by atoms with Gasteiger partial charge in [-0.3, -0.25) is 0 Å². The molecule has 0 unspecified atom stereocenters. The summed E-state index contributed by atoms with van der Waals surface area (Å²) >= 11 is 0. The number of halogens is 1. The second-order valence-electron chi connectivity index (χ2n) is 4.20. The first-order valence-electron chi connectivity index (χ1n) is 5.45. The third-order valence-electron chi connectivity index (χ3n) is 2.60. The van der Waals surface area contributed by atoms with E-state index in [9.17, 15) is 4.39 Å². The molecule has 88 valence electrons. The first-order chi connectivity index (χ1) is 8.06. The highest BCUT2D eigenvalue weighted by atomic mass is 19.1. The molecular formula is C14H15FN2. The van der Waals surface area contributed by atoms with Gasteiger partial charge in [0.25, 0.3) is 0 Å². The van der Waals surface area contributed by atoms with Crippen molar-refractivity contribution in [1.82, 2.24) is 0 Å². The molecule has 2 nitrogen and oxygen atoms in total. The first-order valence-corrected chi connectivity index (χ1v) is 5.45. The van der Waals surface area contributed by atoms with Crippen LogP contribution in [0.4, 0.5) is 21.5 Å². The van der Waals surface area contributed by atoms with E-state index in [-0.39, 0.29) is 5.82 Å². The molecule has 3 heteroatoms. The van der Waals surface area contributed by atoms with Crippen molar-refractivity contribution in [2.45, 2.75) is 13.8 Å². The number of nitrogen functional groups attached to an aromatic ring is 1. The third-order valence-corrected chi connectivity index (χ3v) is 2.60. The molecule has 0 aliphatic rings. The molecule has 3 N–H and O–H groups in total. The summed E-state index contributed by atoms with van der Waals surface area (Å²) in [5, 5.41) is 2.99. The summed E-state index contributed by atoms with van der Waals surface area (Å²) in [4.78, 5) is 0. The maximum absolute atomic E-state index is 13.6. The van der Waals surface area contributed by atoms with Crippen molar-refractivity contribution >= 4 is 17.1 Å².